The molecular formula is C14H22N4O. The summed E-state index contributed by atoms with van der Waals surface area (Å²) in [7, 11) is 2.02. The summed E-state index contributed by atoms with van der Waals surface area (Å²) in [4.78, 5) is 17.5. The third-order valence-electron chi connectivity index (χ3n) is 3.38. The van der Waals surface area contributed by atoms with Crippen LogP contribution in [0.3, 0.4) is 0 Å². The van der Waals surface area contributed by atoms with E-state index in [0.29, 0.717) is 12.6 Å². The van der Waals surface area contributed by atoms with Crippen LogP contribution in [0.4, 0.5) is 0 Å². The molecule has 104 valence electrons. The summed E-state index contributed by atoms with van der Waals surface area (Å²) in [6.07, 6.45) is 6.87. The highest BCUT2D eigenvalue weighted by atomic mass is 16.1. The molecular weight excluding hydrogens is 240 g/mol. The maximum Gasteiger partial charge on any atom is 0.235 e. The Labute approximate surface area is 114 Å². The summed E-state index contributed by atoms with van der Waals surface area (Å²) < 4.78 is 0. The van der Waals surface area contributed by atoms with Crippen molar-refractivity contribution in [3.63, 3.8) is 0 Å². The molecule has 5 heteroatoms. The maximum atomic E-state index is 11.4. The molecule has 1 saturated carbocycles. The van der Waals surface area contributed by atoms with Gasteiger partial charge in [-0.3, -0.25) is 9.78 Å². The number of primary amides is 1. The number of likely N-dealkylation sites (N-methyl/N-ethyl adjacent to an activating group) is 1. The van der Waals surface area contributed by atoms with Crippen LogP contribution in [0.15, 0.2) is 24.5 Å². The van der Waals surface area contributed by atoms with Gasteiger partial charge >= 0.3 is 0 Å². The maximum absolute atomic E-state index is 11.4. The zero-order valence-corrected chi connectivity index (χ0v) is 11.4. The molecule has 0 spiro atoms. The predicted molar refractivity (Wildman–Crippen MR) is 74.6 cm³/mol. The van der Waals surface area contributed by atoms with Crippen molar-refractivity contribution >= 4 is 5.91 Å². The van der Waals surface area contributed by atoms with Crippen molar-refractivity contribution in [3.8, 4) is 0 Å². The minimum atomic E-state index is -0.261. The van der Waals surface area contributed by atoms with Gasteiger partial charge in [-0.25, -0.2) is 0 Å². The number of hydrogen-bond acceptors (Lipinski definition) is 4. The Kier molecular flexibility index (Phi) is 4.87. The largest absolute Gasteiger partial charge is 0.368 e. The van der Waals surface area contributed by atoms with Crippen LogP contribution in [0.5, 0.6) is 0 Å². The number of nitrogens with zero attached hydrogens (tertiary/aromatic N) is 2. The minimum Gasteiger partial charge on any atom is -0.368 e. The topological polar surface area (TPSA) is 71.2 Å². The number of pyridine rings is 1. The number of carbonyl (C=O) groups is 1. The van der Waals surface area contributed by atoms with Gasteiger partial charge in [0.25, 0.3) is 0 Å². The van der Waals surface area contributed by atoms with Gasteiger partial charge in [-0.2, -0.15) is 0 Å². The van der Waals surface area contributed by atoms with E-state index in [4.69, 9.17) is 5.73 Å². The lowest BCUT2D eigenvalue weighted by Crippen LogP contribution is -2.49. The van der Waals surface area contributed by atoms with Gasteiger partial charge in [0.2, 0.25) is 5.91 Å². The van der Waals surface area contributed by atoms with Crippen LogP contribution >= 0.6 is 0 Å². The summed E-state index contributed by atoms with van der Waals surface area (Å²) in [5.41, 5.74) is 6.69. The molecule has 1 aliphatic rings. The molecule has 1 aromatic rings. The Hall–Kier alpha value is -1.46. The van der Waals surface area contributed by atoms with Crippen molar-refractivity contribution in [2.75, 3.05) is 20.1 Å². The third-order valence-corrected chi connectivity index (χ3v) is 3.38. The van der Waals surface area contributed by atoms with Crippen LogP contribution < -0.4 is 11.1 Å². The molecule has 0 radical (unpaired) electrons. The molecule has 1 heterocycles. The molecule has 1 aliphatic carbocycles. The molecule has 1 aromatic heterocycles. The number of amides is 1. The van der Waals surface area contributed by atoms with E-state index < -0.39 is 0 Å². The Morgan fingerprint density at radius 1 is 1.53 bits per heavy atom. The molecule has 3 N–H and O–H groups in total. The fourth-order valence-corrected chi connectivity index (χ4v) is 2.03. The van der Waals surface area contributed by atoms with E-state index in [1.807, 2.05) is 19.2 Å². The van der Waals surface area contributed by atoms with Crippen molar-refractivity contribution in [2.45, 2.75) is 31.3 Å². The highest BCUT2D eigenvalue weighted by molar-refractivity contribution is 5.80. The van der Waals surface area contributed by atoms with E-state index in [-0.39, 0.29) is 11.9 Å². The van der Waals surface area contributed by atoms with Crippen molar-refractivity contribution in [2.24, 2.45) is 5.73 Å². The molecule has 0 bridgehead atoms. The average molecular weight is 262 g/mol. The van der Waals surface area contributed by atoms with Crippen LogP contribution in [-0.4, -0.2) is 48.0 Å². The first-order valence-corrected chi connectivity index (χ1v) is 6.78. The highest BCUT2D eigenvalue weighted by Gasteiger charge is 2.27. The van der Waals surface area contributed by atoms with Gasteiger partial charge in [-0.1, -0.05) is 0 Å². The van der Waals surface area contributed by atoms with Crippen molar-refractivity contribution in [1.29, 1.82) is 0 Å². The summed E-state index contributed by atoms with van der Waals surface area (Å²) in [5, 5.41) is 3.29. The zero-order chi connectivity index (χ0) is 13.7. The van der Waals surface area contributed by atoms with Crippen molar-refractivity contribution < 1.29 is 4.79 Å². The molecule has 1 amide bonds. The second kappa shape index (κ2) is 6.63. The van der Waals surface area contributed by atoms with Crippen molar-refractivity contribution in [1.82, 2.24) is 15.2 Å². The second-order valence-electron chi connectivity index (χ2n) is 5.26. The Bertz CT molecular complexity index is 405. The van der Waals surface area contributed by atoms with E-state index in [9.17, 15) is 4.79 Å². The number of nitrogens with one attached hydrogen (secondary N) is 1. The van der Waals surface area contributed by atoms with Gasteiger partial charge in [-0.15, -0.1) is 0 Å². The number of rotatable bonds is 8. The molecule has 1 fully saturated rings. The first kappa shape index (κ1) is 14.0. The molecule has 1 atom stereocenters. The molecule has 0 aliphatic heterocycles. The van der Waals surface area contributed by atoms with Gasteiger partial charge in [0.05, 0.1) is 6.04 Å². The monoisotopic (exact) mass is 262 g/mol. The summed E-state index contributed by atoms with van der Waals surface area (Å²) in [6, 6.07) is 4.28. The van der Waals surface area contributed by atoms with E-state index in [2.05, 4.69) is 15.2 Å². The van der Waals surface area contributed by atoms with Gasteiger partial charge in [0.15, 0.2) is 0 Å². The van der Waals surface area contributed by atoms with Crippen LogP contribution in [0.2, 0.25) is 0 Å². The molecule has 5 nitrogen and oxygen atoms in total. The van der Waals surface area contributed by atoms with E-state index in [1.165, 1.54) is 5.56 Å². The van der Waals surface area contributed by atoms with Gasteiger partial charge < -0.3 is 16.0 Å². The second-order valence-corrected chi connectivity index (χ2v) is 5.26. The summed E-state index contributed by atoms with van der Waals surface area (Å²) in [5.74, 6) is -0.261. The van der Waals surface area contributed by atoms with E-state index >= 15 is 0 Å². The predicted octanol–water partition coefficient (Wildman–Crippen LogP) is 0.162. The standard InChI is InChI=1S/C14H22N4O/c1-18(9-6-11-4-7-16-8-5-11)10-13(14(15)19)17-12-2-3-12/h4-5,7-8,12-13,17H,2-3,6,9-10H2,1H3,(H2,15,19). The Balaban J connectivity index is 1.75. The van der Waals surface area contributed by atoms with Crippen LogP contribution in [0, 0.1) is 0 Å². The Morgan fingerprint density at radius 2 is 2.21 bits per heavy atom. The number of nitrogens with two attached hydrogens (primary N) is 1. The van der Waals surface area contributed by atoms with Crippen LogP contribution in [0.25, 0.3) is 0 Å². The van der Waals surface area contributed by atoms with Crippen molar-refractivity contribution in [3.05, 3.63) is 30.1 Å². The molecule has 0 saturated heterocycles. The number of carbonyl (C=O) groups excluding carboxylic acids is 1. The lowest BCUT2D eigenvalue weighted by Gasteiger charge is -2.22. The summed E-state index contributed by atoms with van der Waals surface area (Å²) >= 11 is 0. The molecule has 0 aromatic carbocycles. The smallest absolute Gasteiger partial charge is 0.235 e. The van der Waals surface area contributed by atoms with Gasteiger partial charge in [0, 0.05) is 31.5 Å². The van der Waals surface area contributed by atoms with Crippen LogP contribution in [0.1, 0.15) is 18.4 Å². The fraction of sp³-hybridized carbons (Fsp3) is 0.571. The first-order valence-electron chi connectivity index (χ1n) is 6.78. The quantitative estimate of drug-likeness (QED) is 0.700. The summed E-state index contributed by atoms with van der Waals surface area (Å²) in [6.45, 7) is 1.57. The van der Waals surface area contributed by atoms with Crippen LogP contribution in [-0.2, 0) is 11.2 Å². The normalized spacial score (nSPS) is 16.5. The number of aromatic nitrogens is 1. The van der Waals surface area contributed by atoms with Gasteiger partial charge in [0.1, 0.15) is 0 Å². The highest BCUT2D eigenvalue weighted by Crippen LogP contribution is 2.19. The first-order chi connectivity index (χ1) is 9.15. The third kappa shape index (κ3) is 4.96. The lowest BCUT2D eigenvalue weighted by atomic mass is 10.2. The minimum absolute atomic E-state index is 0.241. The number of hydrogen-bond donors (Lipinski definition) is 2. The molecule has 2 rings (SSSR count). The molecule has 19 heavy (non-hydrogen) atoms. The van der Waals surface area contributed by atoms with E-state index in [0.717, 1.165) is 25.8 Å². The van der Waals surface area contributed by atoms with Gasteiger partial charge in [-0.05, 0) is 44.0 Å². The zero-order valence-electron chi connectivity index (χ0n) is 11.4. The molecule has 1 unspecified atom stereocenters. The average Bonchev–Trinajstić information content (AvgIpc) is 3.21. The lowest BCUT2D eigenvalue weighted by molar-refractivity contribution is -0.120. The van der Waals surface area contributed by atoms with E-state index in [1.54, 1.807) is 12.4 Å². The SMILES string of the molecule is CN(CCc1ccncc1)CC(NC1CC1)C(N)=O. The Morgan fingerprint density at radius 3 is 2.79 bits per heavy atom. The fourth-order valence-electron chi connectivity index (χ4n) is 2.03.